The van der Waals surface area contributed by atoms with Crippen molar-refractivity contribution in [1.29, 1.82) is 0 Å². The van der Waals surface area contributed by atoms with E-state index in [1.807, 2.05) is 0 Å². The van der Waals surface area contributed by atoms with Gasteiger partial charge >= 0.3 is 0 Å². The van der Waals surface area contributed by atoms with Crippen LogP contribution < -0.4 is 16.1 Å². The molecule has 2 atom stereocenters. The average molecular weight is 418 g/mol. The number of aromatic nitrogens is 2. The first-order valence-corrected chi connectivity index (χ1v) is 10.7. The number of hydrogen-bond donors (Lipinski definition) is 3. The molecule has 2 amide bonds. The predicted molar refractivity (Wildman–Crippen MR) is 112 cm³/mol. The zero-order chi connectivity index (χ0) is 21.2. The van der Waals surface area contributed by atoms with Crippen LogP contribution in [-0.4, -0.2) is 46.8 Å². The topological polar surface area (TPSA) is 114 Å². The van der Waals surface area contributed by atoms with Gasteiger partial charge in [-0.3, -0.25) is 14.6 Å². The monoisotopic (exact) mass is 417 g/mol. The second-order valence-electron chi connectivity index (χ2n) is 7.75. The van der Waals surface area contributed by atoms with Crippen LogP contribution in [0.3, 0.4) is 0 Å². The molecule has 2 heterocycles. The molecule has 2 aliphatic rings. The van der Waals surface area contributed by atoms with Crippen LogP contribution in [-0.2, 0) is 19.2 Å². The lowest BCUT2D eigenvalue weighted by molar-refractivity contribution is -0.198. The number of hydroxylamine groups is 1. The van der Waals surface area contributed by atoms with E-state index in [1.54, 1.807) is 6.92 Å². The van der Waals surface area contributed by atoms with Crippen LogP contribution in [0.2, 0.25) is 0 Å². The molecule has 1 aromatic heterocycles. The number of carbonyl (C=O) groups excluding carboxylic acids is 2. The molecule has 164 valence electrons. The quantitative estimate of drug-likeness (QED) is 0.439. The average Bonchev–Trinajstić information content (AvgIpc) is 2.78. The van der Waals surface area contributed by atoms with Gasteiger partial charge in [0.15, 0.2) is 6.29 Å². The summed E-state index contributed by atoms with van der Waals surface area (Å²) in [5, 5.41) is 6.15. The van der Waals surface area contributed by atoms with E-state index in [9.17, 15) is 9.59 Å². The molecule has 1 saturated carbocycles. The van der Waals surface area contributed by atoms with Crippen molar-refractivity contribution in [2.75, 3.05) is 11.9 Å². The summed E-state index contributed by atoms with van der Waals surface area (Å²) in [6, 6.07) is -0.138. The van der Waals surface area contributed by atoms with Crippen molar-refractivity contribution in [1.82, 2.24) is 20.8 Å². The molecule has 3 rings (SSSR count). The first kappa shape index (κ1) is 22.2. The van der Waals surface area contributed by atoms with Gasteiger partial charge in [-0.2, -0.15) is 0 Å². The molecule has 0 spiro atoms. The van der Waals surface area contributed by atoms with Crippen molar-refractivity contribution in [3.8, 4) is 0 Å². The van der Waals surface area contributed by atoms with Gasteiger partial charge in [0.1, 0.15) is 11.9 Å². The summed E-state index contributed by atoms with van der Waals surface area (Å²) in [6.07, 6.45) is 14.0. The van der Waals surface area contributed by atoms with E-state index >= 15 is 0 Å². The van der Waals surface area contributed by atoms with Crippen molar-refractivity contribution in [2.45, 2.75) is 76.7 Å². The van der Waals surface area contributed by atoms with Gasteiger partial charge in [0.2, 0.25) is 5.91 Å². The smallest absolute Gasteiger partial charge is 0.267 e. The highest BCUT2D eigenvalue weighted by molar-refractivity contribution is 5.90. The molecule has 1 saturated heterocycles. The third-order valence-electron chi connectivity index (χ3n) is 5.22. The molecule has 1 aromatic rings. The lowest BCUT2D eigenvalue weighted by atomic mass is 9.95. The normalized spacial score (nSPS) is 21.2. The molecule has 9 heteroatoms. The molecule has 3 N–H and O–H groups in total. The lowest BCUT2D eigenvalue weighted by Crippen LogP contribution is -2.44. The highest BCUT2D eigenvalue weighted by Crippen LogP contribution is 2.17. The first-order chi connectivity index (χ1) is 14.6. The minimum atomic E-state index is -0.410. The maximum Gasteiger partial charge on any atom is 0.267 e. The van der Waals surface area contributed by atoms with Gasteiger partial charge in [0.25, 0.3) is 5.91 Å². The molecule has 9 nitrogen and oxygen atoms in total. The van der Waals surface area contributed by atoms with E-state index in [0.29, 0.717) is 18.1 Å². The van der Waals surface area contributed by atoms with Gasteiger partial charge in [-0.05, 0) is 38.7 Å². The van der Waals surface area contributed by atoms with Crippen molar-refractivity contribution in [3.05, 3.63) is 24.2 Å². The van der Waals surface area contributed by atoms with Crippen molar-refractivity contribution in [3.63, 3.8) is 0 Å². The van der Waals surface area contributed by atoms with Crippen LogP contribution in [0.1, 0.15) is 64.0 Å². The highest BCUT2D eigenvalue weighted by Gasteiger charge is 2.20. The van der Waals surface area contributed by atoms with Crippen molar-refractivity contribution >= 4 is 23.7 Å². The molecular formula is C21H31N5O4. The molecule has 1 unspecified atom stereocenters. The molecule has 0 radical (unpaired) electrons. The summed E-state index contributed by atoms with van der Waals surface area (Å²) >= 11 is 0. The third-order valence-corrected chi connectivity index (χ3v) is 5.22. The number of anilines is 1. The fourth-order valence-electron chi connectivity index (χ4n) is 3.48. The van der Waals surface area contributed by atoms with Gasteiger partial charge in [0.05, 0.1) is 18.1 Å². The SMILES string of the molecule is C[C@@H](Nc1cnc(C=CC(=O)NOC2CCCCO2)cn1)C(=O)NC1CCCCC1. The van der Waals surface area contributed by atoms with Gasteiger partial charge < -0.3 is 15.4 Å². The van der Waals surface area contributed by atoms with E-state index in [0.717, 1.165) is 32.1 Å². The van der Waals surface area contributed by atoms with Crippen LogP contribution in [0.5, 0.6) is 0 Å². The van der Waals surface area contributed by atoms with Gasteiger partial charge in [-0.1, -0.05) is 19.3 Å². The van der Waals surface area contributed by atoms with E-state index in [-0.39, 0.29) is 11.9 Å². The van der Waals surface area contributed by atoms with Crippen LogP contribution in [0.4, 0.5) is 5.82 Å². The highest BCUT2D eigenvalue weighted by atomic mass is 16.8. The number of hydrogen-bond acceptors (Lipinski definition) is 7. The first-order valence-electron chi connectivity index (χ1n) is 10.7. The second-order valence-corrected chi connectivity index (χ2v) is 7.75. The molecule has 0 aromatic carbocycles. The van der Waals surface area contributed by atoms with E-state index in [4.69, 9.17) is 9.57 Å². The molecule has 0 bridgehead atoms. The summed E-state index contributed by atoms with van der Waals surface area (Å²) in [5.74, 6) is 0.0631. The Kier molecular flexibility index (Phi) is 8.58. The van der Waals surface area contributed by atoms with Crippen molar-refractivity contribution < 1.29 is 19.2 Å². The van der Waals surface area contributed by atoms with Crippen LogP contribution in [0.25, 0.3) is 6.08 Å². The minimum absolute atomic E-state index is 0.0358. The molecule has 2 fully saturated rings. The van der Waals surface area contributed by atoms with Gasteiger partial charge in [0, 0.05) is 25.1 Å². The number of carbonyl (C=O) groups is 2. The minimum Gasteiger partial charge on any atom is -0.357 e. The Morgan fingerprint density at radius 3 is 2.63 bits per heavy atom. The fourth-order valence-corrected chi connectivity index (χ4v) is 3.48. The number of ether oxygens (including phenoxy) is 1. The maximum atomic E-state index is 12.3. The Balaban J connectivity index is 1.40. The van der Waals surface area contributed by atoms with Crippen LogP contribution >= 0.6 is 0 Å². The lowest BCUT2D eigenvalue weighted by Gasteiger charge is -2.24. The number of nitrogens with zero attached hydrogens (tertiary/aromatic N) is 2. The Morgan fingerprint density at radius 1 is 1.13 bits per heavy atom. The Morgan fingerprint density at radius 2 is 1.93 bits per heavy atom. The zero-order valence-corrected chi connectivity index (χ0v) is 17.4. The number of rotatable bonds is 8. The third kappa shape index (κ3) is 7.38. The summed E-state index contributed by atoms with van der Waals surface area (Å²) in [4.78, 5) is 37.9. The molecular weight excluding hydrogens is 386 g/mol. The molecule has 1 aliphatic heterocycles. The van der Waals surface area contributed by atoms with Crippen LogP contribution in [0, 0.1) is 0 Å². The van der Waals surface area contributed by atoms with Gasteiger partial charge in [-0.25, -0.2) is 15.3 Å². The van der Waals surface area contributed by atoms with Crippen molar-refractivity contribution in [2.24, 2.45) is 0 Å². The Labute approximate surface area is 177 Å². The summed E-state index contributed by atoms with van der Waals surface area (Å²) in [7, 11) is 0. The van der Waals surface area contributed by atoms with Gasteiger partial charge in [-0.15, -0.1) is 0 Å². The Bertz CT molecular complexity index is 713. The zero-order valence-electron chi connectivity index (χ0n) is 17.4. The van der Waals surface area contributed by atoms with E-state index < -0.39 is 18.2 Å². The summed E-state index contributed by atoms with van der Waals surface area (Å²) < 4.78 is 5.38. The number of amides is 2. The number of nitrogens with one attached hydrogen (secondary N) is 3. The standard InChI is InChI=1S/C21H31N5O4/c1-15(21(28)25-16-7-3-2-4-8-16)24-18-14-22-17(13-23-18)10-11-19(27)26-30-20-9-5-6-12-29-20/h10-11,13-16,20H,2-9,12H2,1H3,(H,23,24)(H,25,28)(H,26,27)/t15-,20?/m1/s1. The second kappa shape index (κ2) is 11.6. The Hall–Kier alpha value is -2.52. The van der Waals surface area contributed by atoms with Crippen LogP contribution in [0.15, 0.2) is 18.5 Å². The molecule has 1 aliphatic carbocycles. The summed E-state index contributed by atoms with van der Waals surface area (Å²) in [5.41, 5.74) is 2.87. The maximum absolute atomic E-state index is 12.3. The van der Waals surface area contributed by atoms with E-state index in [1.165, 1.54) is 43.8 Å². The summed E-state index contributed by atoms with van der Waals surface area (Å²) in [6.45, 7) is 2.45. The predicted octanol–water partition coefficient (Wildman–Crippen LogP) is 2.31. The van der Waals surface area contributed by atoms with E-state index in [2.05, 4.69) is 26.1 Å². The fraction of sp³-hybridized carbons (Fsp3) is 0.619. The molecule has 30 heavy (non-hydrogen) atoms. The largest absolute Gasteiger partial charge is 0.357 e.